The highest BCUT2D eigenvalue weighted by molar-refractivity contribution is 9.39. The first-order valence-electron chi connectivity index (χ1n) is 10.2. The van der Waals surface area contributed by atoms with Crippen LogP contribution in [0.1, 0.15) is 96.8 Å². The molecule has 2 atom stereocenters. The van der Waals surface area contributed by atoms with Crippen molar-refractivity contribution in [1.82, 2.24) is 0 Å². The average molecular weight is 443 g/mol. The summed E-state index contributed by atoms with van der Waals surface area (Å²) >= 11 is 2.66. The van der Waals surface area contributed by atoms with Gasteiger partial charge in [-0.3, -0.25) is 4.57 Å². The van der Waals surface area contributed by atoms with Crippen molar-refractivity contribution in [2.75, 3.05) is 19.4 Å². The summed E-state index contributed by atoms with van der Waals surface area (Å²) in [4.78, 5) is 9.08. The van der Waals surface area contributed by atoms with Gasteiger partial charge in [0, 0.05) is 22.1 Å². The molecule has 0 aromatic rings. The lowest BCUT2D eigenvalue weighted by Gasteiger charge is -2.12. The second kappa shape index (κ2) is 18.0. The third-order valence-corrected chi connectivity index (χ3v) is 6.13. The second-order valence-electron chi connectivity index (χ2n) is 7.12. The predicted octanol–water partition coefficient (Wildman–Crippen LogP) is 6.43. The zero-order chi connectivity index (χ0) is 18.8. The van der Waals surface area contributed by atoms with E-state index in [2.05, 4.69) is 22.4 Å². The van der Waals surface area contributed by atoms with E-state index in [1.54, 1.807) is 0 Å². The molecule has 2 N–H and O–H groups in total. The fraction of sp³-hybridized carbons (Fsp3) is 1.00. The largest absolute Gasteiger partial charge is 0.390 e. The highest BCUT2D eigenvalue weighted by atomic mass is 79.9. The van der Waals surface area contributed by atoms with Gasteiger partial charge in [-0.2, -0.15) is 0 Å². The Kier molecular flexibility index (Phi) is 18.4. The number of aliphatic hydroxyl groups is 1. The van der Waals surface area contributed by atoms with Gasteiger partial charge in [-0.25, -0.2) is 0 Å². The van der Waals surface area contributed by atoms with Crippen LogP contribution in [0.4, 0.5) is 0 Å². The van der Waals surface area contributed by atoms with E-state index in [1.807, 2.05) is 0 Å². The van der Waals surface area contributed by atoms with Gasteiger partial charge in [-0.1, -0.05) is 90.4 Å². The summed E-state index contributed by atoms with van der Waals surface area (Å²) in [6.45, 7) is 3.02. The normalized spacial score (nSPS) is 15.2. The molecule has 0 saturated heterocycles. The molecule has 0 aliphatic rings. The number of rotatable bonds is 19. The quantitative estimate of drug-likeness (QED) is 0.178. The Hall–Kier alpha value is 0.590. The number of aliphatic hydroxyl groups excluding tert-OH is 1. The van der Waals surface area contributed by atoms with Gasteiger partial charge in [0.25, 0.3) is 6.07 Å². The fourth-order valence-electron chi connectivity index (χ4n) is 2.93. The van der Waals surface area contributed by atoms with Gasteiger partial charge in [0.05, 0.1) is 18.9 Å². The van der Waals surface area contributed by atoms with Crippen LogP contribution in [0, 0.1) is 0 Å². The molecule has 0 aromatic heterocycles. The van der Waals surface area contributed by atoms with Gasteiger partial charge >= 0.3 is 0 Å². The molecule has 0 heterocycles. The molecule has 152 valence electrons. The minimum absolute atomic E-state index is 0.134. The van der Waals surface area contributed by atoms with Crippen LogP contribution in [0.2, 0.25) is 0 Å². The SMILES string of the molecule is CCCCCCCCCCCCCCCCOCC(O)CP(=O)(O)Br. The molecule has 0 fully saturated rings. The summed E-state index contributed by atoms with van der Waals surface area (Å²) in [5.41, 5.74) is 0. The lowest BCUT2D eigenvalue weighted by Crippen LogP contribution is -2.19. The summed E-state index contributed by atoms with van der Waals surface area (Å²) in [6, 6.07) is 0. The molecule has 2 unspecified atom stereocenters. The monoisotopic (exact) mass is 442 g/mol. The number of ether oxygens (including phenoxy) is 1. The van der Waals surface area contributed by atoms with E-state index in [-0.39, 0.29) is 12.8 Å². The van der Waals surface area contributed by atoms with Crippen molar-refractivity contribution in [3.63, 3.8) is 0 Å². The Morgan fingerprint density at radius 1 is 0.840 bits per heavy atom. The van der Waals surface area contributed by atoms with Crippen LogP contribution in [-0.4, -0.2) is 35.5 Å². The van der Waals surface area contributed by atoms with Crippen molar-refractivity contribution in [2.45, 2.75) is 103 Å². The molecule has 0 spiro atoms. The van der Waals surface area contributed by atoms with Gasteiger partial charge in [0.1, 0.15) is 0 Å². The third kappa shape index (κ3) is 22.5. The van der Waals surface area contributed by atoms with Gasteiger partial charge in [0.2, 0.25) is 0 Å². The lowest BCUT2D eigenvalue weighted by molar-refractivity contribution is 0.0453. The second-order valence-corrected chi connectivity index (χ2v) is 12.0. The first-order valence-corrected chi connectivity index (χ1v) is 14.1. The van der Waals surface area contributed by atoms with Crippen LogP contribution in [-0.2, 0) is 9.30 Å². The zero-order valence-corrected chi connectivity index (χ0v) is 18.6. The lowest BCUT2D eigenvalue weighted by atomic mass is 10.0. The Balaban J connectivity index is 3.13. The van der Waals surface area contributed by atoms with Crippen LogP contribution in [0.25, 0.3) is 0 Å². The first-order chi connectivity index (χ1) is 12.0. The Morgan fingerprint density at radius 2 is 1.24 bits per heavy atom. The molecule has 0 rings (SSSR count). The van der Waals surface area contributed by atoms with Crippen molar-refractivity contribution < 1.29 is 19.3 Å². The molecule has 6 heteroatoms. The molecule has 0 saturated carbocycles. The maximum atomic E-state index is 11.1. The van der Waals surface area contributed by atoms with Crippen LogP contribution in [0.5, 0.6) is 0 Å². The summed E-state index contributed by atoms with van der Waals surface area (Å²) in [5.74, 6) is 0. The zero-order valence-electron chi connectivity index (χ0n) is 16.1. The molecule has 0 amide bonds. The minimum Gasteiger partial charge on any atom is -0.390 e. The molecule has 0 aromatic carbocycles. The maximum Gasteiger partial charge on any atom is 0.265 e. The summed E-state index contributed by atoms with van der Waals surface area (Å²) in [6.07, 6.45) is 14.2. The van der Waals surface area contributed by atoms with Gasteiger partial charge in [-0.15, -0.1) is 0 Å². The third-order valence-electron chi connectivity index (χ3n) is 4.39. The number of halogens is 1. The highest BCUT2D eigenvalue weighted by Crippen LogP contribution is 2.49. The van der Waals surface area contributed by atoms with Crippen molar-refractivity contribution in [3.8, 4) is 0 Å². The van der Waals surface area contributed by atoms with Crippen molar-refractivity contribution in [2.24, 2.45) is 0 Å². The molecule has 0 aliphatic carbocycles. The van der Waals surface area contributed by atoms with E-state index in [1.165, 1.54) is 77.0 Å². The molecule has 0 bridgehead atoms. The minimum atomic E-state index is -3.33. The first kappa shape index (κ1) is 25.6. The predicted molar refractivity (Wildman–Crippen MR) is 111 cm³/mol. The smallest absolute Gasteiger partial charge is 0.265 e. The highest BCUT2D eigenvalue weighted by Gasteiger charge is 2.18. The molecule has 0 aliphatic heterocycles. The molecule has 0 radical (unpaired) electrons. The number of hydrogen-bond acceptors (Lipinski definition) is 3. The van der Waals surface area contributed by atoms with E-state index < -0.39 is 12.2 Å². The Bertz CT molecular complexity index is 323. The standard InChI is InChI=1S/C19H40BrO4P/c1-2-3-4-5-6-7-8-9-10-11-12-13-14-15-16-24-17-19(21)18-25(20,22)23/h19,21H,2-18H2,1H3,(H,22,23). The Labute approximate surface area is 163 Å². The van der Waals surface area contributed by atoms with E-state index in [0.29, 0.717) is 6.61 Å². The van der Waals surface area contributed by atoms with E-state index in [0.717, 1.165) is 12.8 Å². The molecular weight excluding hydrogens is 403 g/mol. The fourth-order valence-corrected chi connectivity index (χ4v) is 4.56. The van der Waals surface area contributed by atoms with Gasteiger partial charge in [-0.05, 0) is 6.42 Å². The molecular formula is C19H40BrO4P. The average Bonchev–Trinajstić information content (AvgIpc) is 2.53. The Morgan fingerprint density at radius 3 is 1.64 bits per heavy atom. The summed E-state index contributed by atoms with van der Waals surface area (Å²) in [5, 5.41) is 9.51. The molecule has 4 nitrogen and oxygen atoms in total. The maximum absolute atomic E-state index is 11.1. The number of hydrogen-bond donors (Lipinski definition) is 2. The number of unbranched alkanes of at least 4 members (excludes halogenated alkanes) is 13. The van der Waals surface area contributed by atoms with Crippen molar-refractivity contribution in [3.05, 3.63) is 0 Å². The molecule has 25 heavy (non-hydrogen) atoms. The summed E-state index contributed by atoms with van der Waals surface area (Å²) < 4.78 is 16.4. The van der Waals surface area contributed by atoms with E-state index >= 15 is 0 Å². The van der Waals surface area contributed by atoms with Crippen LogP contribution >= 0.6 is 21.6 Å². The van der Waals surface area contributed by atoms with E-state index in [9.17, 15) is 9.67 Å². The van der Waals surface area contributed by atoms with Crippen LogP contribution in [0.3, 0.4) is 0 Å². The van der Waals surface area contributed by atoms with Crippen LogP contribution in [0.15, 0.2) is 0 Å². The van der Waals surface area contributed by atoms with E-state index in [4.69, 9.17) is 9.63 Å². The van der Waals surface area contributed by atoms with Gasteiger partial charge < -0.3 is 14.7 Å². The van der Waals surface area contributed by atoms with Crippen molar-refractivity contribution >= 4 is 21.6 Å². The topological polar surface area (TPSA) is 66.8 Å². The summed E-state index contributed by atoms with van der Waals surface area (Å²) in [7, 11) is 0. The van der Waals surface area contributed by atoms with Gasteiger partial charge in [0.15, 0.2) is 0 Å². The van der Waals surface area contributed by atoms with Crippen molar-refractivity contribution in [1.29, 1.82) is 0 Å². The van der Waals surface area contributed by atoms with Crippen LogP contribution < -0.4 is 0 Å².